The maximum atomic E-state index is 12.9. The molecule has 0 N–H and O–H groups in total. The minimum absolute atomic E-state index is 0.117. The molecule has 0 bridgehead atoms. The molecule has 150 valence electrons. The van der Waals surface area contributed by atoms with Crippen molar-refractivity contribution in [2.24, 2.45) is 0 Å². The zero-order valence-corrected chi connectivity index (χ0v) is 15.6. The Bertz CT molecular complexity index is 822. The van der Waals surface area contributed by atoms with E-state index in [4.69, 9.17) is 14.2 Å². The van der Waals surface area contributed by atoms with Gasteiger partial charge in [0.2, 0.25) is 5.88 Å². The van der Waals surface area contributed by atoms with Crippen LogP contribution in [0.5, 0.6) is 11.6 Å². The van der Waals surface area contributed by atoms with E-state index in [-0.39, 0.29) is 11.6 Å². The fourth-order valence-corrected chi connectivity index (χ4v) is 2.92. The number of hydrogen-bond acceptors (Lipinski definition) is 4. The van der Waals surface area contributed by atoms with Gasteiger partial charge in [0.1, 0.15) is 5.75 Å². The summed E-state index contributed by atoms with van der Waals surface area (Å²) in [7, 11) is 0. The molecule has 1 aliphatic rings. The van der Waals surface area contributed by atoms with Gasteiger partial charge in [-0.25, -0.2) is 4.98 Å². The van der Waals surface area contributed by atoms with Crippen LogP contribution in [0.25, 0.3) is 6.08 Å². The Kier molecular flexibility index (Phi) is 6.70. The Hall–Kier alpha value is -2.38. The highest BCUT2D eigenvalue weighted by Gasteiger charge is 2.33. The van der Waals surface area contributed by atoms with Gasteiger partial charge in [-0.1, -0.05) is 23.8 Å². The highest BCUT2D eigenvalue weighted by molar-refractivity contribution is 5.55. The number of aromatic nitrogens is 1. The number of halogens is 3. The van der Waals surface area contributed by atoms with Gasteiger partial charge in [-0.15, -0.1) is 0 Å². The summed E-state index contributed by atoms with van der Waals surface area (Å²) in [6.07, 6.45) is -0.704. The summed E-state index contributed by atoms with van der Waals surface area (Å²) in [6, 6.07) is 9.57. The smallest absolute Gasteiger partial charge is 0.418 e. The van der Waals surface area contributed by atoms with Crippen molar-refractivity contribution < 1.29 is 27.4 Å². The predicted molar refractivity (Wildman–Crippen MR) is 99.3 cm³/mol. The van der Waals surface area contributed by atoms with Gasteiger partial charge in [-0.05, 0) is 43.5 Å². The second-order valence-corrected chi connectivity index (χ2v) is 6.48. The Balaban J connectivity index is 1.74. The number of pyridine rings is 1. The van der Waals surface area contributed by atoms with Crippen LogP contribution in [-0.2, 0) is 15.7 Å². The number of alkyl halides is 3. The summed E-state index contributed by atoms with van der Waals surface area (Å²) < 4.78 is 55.2. The van der Waals surface area contributed by atoms with Gasteiger partial charge >= 0.3 is 6.18 Å². The topological polar surface area (TPSA) is 40.6 Å². The van der Waals surface area contributed by atoms with E-state index in [1.807, 2.05) is 18.2 Å². The zero-order chi connectivity index (χ0) is 20.0. The van der Waals surface area contributed by atoms with Gasteiger partial charge in [0.25, 0.3) is 0 Å². The maximum Gasteiger partial charge on any atom is 0.418 e. The Morgan fingerprint density at radius 1 is 1.00 bits per heavy atom. The van der Waals surface area contributed by atoms with E-state index in [9.17, 15) is 13.2 Å². The number of benzene rings is 1. The molecule has 1 aliphatic heterocycles. The van der Waals surface area contributed by atoms with Crippen LogP contribution < -0.4 is 4.74 Å². The number of rotatable bonds is 3. The standard InChI is InChI=1S/C21H22F3NO3/c1-15-19(21(22,23)24)5-6-20(25-15)28-18-4-2-3-17(14-18)13-16-7-9-26-11-12-27-10-8-16/h2-6,13-14H,7-12H2,1H3. The number of nitrogens with zero attached hydrogens (tertiary/aromatic N) is 1. The lowest BCUT2D eigenvalue weighted by atomic mass is 10.1. The molecule has 0 radical (unpaired) electrons. The van der Waals surface area contributed by atoms with Crippen LogP contribution in [0.3, 0.4) is 0 Å². The van der Waals surface area contributed by atoms with Gasteiger partial charge in [0, 0.05) is 6.07 Å². The van der Waals surface area contributed by atoms with Gasteiger partial charge in [-0.2, -0.15) is 13.2 Å². The van der Waals surface area contributed by atoms with E-state index >= 15 is 0 Å². The highest BCUT2D eigenvalue weighted by atomic mass is 19.4. The number of ether oxygens (including phenoxy) is 3. The summed E-state index contributed by atoms with van der Waals surface area (Å²) >= 11 is 0. The molecule has 0 saturated carbocycles. The lowest BCUT2D eigenvalue weighted by Crippen LogP contribution is -2.08. The second kappa shape index (κ2) is 9.21. The first-order valence-corrected chi connectivity index (χ1v) is 9.09. The van der Waals surface area contributed by atoms with Crippen molar-refractivity contribution in [1.29, 1.82) is 0 Å². The van der Waals surface area contributed by atoms with Crippen molar-refractivity contribution in [3.8, 4) is 11.6 Å². The lowest BCUT2D eigenvalue weighted by molar-refractivity contribution is -0.138. The van der Waals surface area contributed by atoms with E-state index in [0.29, 0.717) is 32.2 Å². The van der Waals surface area contributed by atoms with Crippen molar-refractivity contribution in [2.45, 2.75) is 25.9 Å². The molecular weight excluding hydrogens is 371 g/mol. The molecular formula is C21H22F3NO3. The fraction of sp³-hybridized carbons (Fsp3) is 0.381. The van der Waals surface area contributed by atoms with Gasteiger partial charge in [-0.3, -0.25) is 0 Å². The molecule has 0 aliphatic carbocycles. The molecule has 0 atom stereocenters. The van der Waals surface area contributed by atoms with E-state index in [0.717, 1.165) is 24.5 Å². The Morgan fingerprint density at radius 3 is 2.36 bits per heavy atom. The van der Waals surface area contributed by atoms with E-state index in [1.165, 1.54) is 18.6 Å². The summed E-state index contributed by atoms with van der Waals surface area (Å²) in [6.45, 7) is 3.84. The van der Waals surface area contributed by atoms with Crippen LogP contribution in [0, 0.1) is 6.92 Å². The van der Waals surface area contributed by atoms with Crippen LogP contribution in [0.2, 0.25) is 0 Å². The third kappa shape index (κ3) is 5.81. The normalized spacial score (nSPS) is 16.1. The molecule has 2 aromatic rings. The molecule has 0 amide bonds. The van der Waals surface area contributed by atoms with Crippen LogP contribution in [0.1, 0.15) is 29.7 Å². The average Bonchev–Trinajstić information content (AvgIpc) is 2.75. The molecule has 0 unspecified atom stereocenters. The van der Waals surface area contributed by atoms with Gasteiger partial charge in [0.05, 0.1) is 37.7 Å². The van der Waals surface area contributed by atoms with Gasteiger partial charge < -0.3 is 14.2 Å². The molecule has 1 saturated heterocycles. The highest BCUT2D eigenvalue weighted by Crippen LogP contribution is 2.32. The van der Waals surface area contributed by atoms with Gasteiger partial charge in [0.15, 0.2) is 0 Å². The predicted octanol–water partition coefficient (Wildman–Crippen LogP) is 5.41. The molecule has 2 heterocycles. The van der Waals surface area contributed by atoms with Crippen LogP contribution in [-0.4, -0.2) is 31.4 Å². The molecule has 1 aromatic heterocycles. The van der Waals surface area contributed by atoms with Crippen molar-refractivity contribution in [2.75, 3.05) is 26.4 Å². The summed E-state index contributed by atoms with van der Waals surface area (Å²) in [5.41, 5.74) is 1.27. The third-order valence-electron chi connectivity index (χ3n) is 4.32. The second-order valence-electron chi connectivity index (χ2n) is 6.48. The van der Waals surface area contributed by atoms with E-state index < -0.39 is 11.7 Å². The molecule has 28 heavy (non-hydrogen) atoms. The molecule has 7 heteroatoms. The third-order valence-corrected chi connectivity index (χ3v) is 4.32. The Morgan fingerprint density at radius 2 is 1.71 bits per heavy atom. The first kappa shape index (κ1) is 20.4. The van der Waals surface area contributed by atoms with Crippen molar-refractivity contribution in [3.63, 3.8) is 0 Å². The van der Waals surface area contributed by atoms with Crippen molar-refractivity contribution in [3.05, 3.63) is 58.8 Å². The zero-order valence-electron chi connectivity index (χ0n) is 15.6. The molecule has 3 rings (SSSR count). The first-order chi connectivity index (χ1) is 13.4. The number of hydrogen-bond donors (Lipinski definition) is 0. The summed E-state index contributed by atoms with van der Waals surface area (Å²) in [5, 5.41) is 0. The van der Waals surface area contributed by atoms with E-state index in [1.54, 1.807) is 6.07 Å². The largest absolute Gasteiger partial charge is 0.439 e. The molecule has 1 fully saturated rings. The van der Waals surface area contributed by atoms with Crippen LogP contribution in [0.15, 0.2) is 42.0 Å². The molecule has 4 nitrogen and oxygen atoms in total. The first-order valence-electron chi connectivity index (χ1n) is 9.09. The maximum absolute atomic E-state index is 12.9. The summed E-state index contributed by atoms with van der Waals surface area (Å²) in [4.78, 5) is 3.92. The monoisotopic (exact) mass is 393 g/mol. The SMILES string of the molecule is Cc1nc(Oc2cccc(C=C3CCOCCOCC3)c2)ccc1C(F)(F)F. The lowest BCUT2D eigenvalue weighted by Gasteiger charge is -2.11. The minimum atomic E-state index is -4.42. The van der Waals surface area contributed by atoms with Crippen molar-refractivity contribution >= 4 is 6.08 Å². The van der Waals surface area contributed by atoms with E-state index in [2.05, 4.69) is 11.1 Å². The molecule has 0 spiro atoms. The Labute approximate surface area is 161 Å². The van der Waals surface area contributed by atoms with Crippen LogP contribution >= 0.6 is 0 Å². The molecule has 1 aromatic carbocycles. The summed E-state index contributed by atoms with van der Waals surface area (Å²) in [5.74, 6) is 0.635. The van der Waals surface area contributed by atoms with Crippen LogP contribution in [0.4, 0.5) is 13.2 Å². The fourth-order valence-electron chi connectivity index (χ4n) is 2.92. The van der Waals surface area contributed by atoms with Crippen molar-refractivity contribution in [1.82, 2.24) is 4.98 Å². The minimum Gasteiger partial charge on any atom is -0.439 e. The average molecular weight is 393 g/mol. The number of aryl methyl sites for hydroxylation is 1. The quantitative estimate of drug-likeness (QED) is 0.699.